The largest absolute Gasteiger partial charge is 0.486 e. The minimum Gasteiger partial charge on any atom is -0.486 e. The molecule has 2 N–H and O–H groups in total. The summed E-state index contributed by atoms with van der Waals surface area (Å²) in [4.78, 5) is 0.158. The average Bonchev–Trinajstić information content (AvgIpc) is 2.49. The third kappa shape index (κ3) is 3.00. The molecule has 21 heavy (non-hydrogen) atoms. The van der Waals surface area contributed by atoms with Crippen molar-refractivity contribution < 1.29 is 17.9 Å². The van der Waals surface area contributed by atoms with E-state index >= 15 is 0 Å². The van der Waals surface area contributed by atoms with Gasteiger partial charge < -0.3 is 14.8 Å². The SMILES string of the molecule is CC1CNCCC1NS(=O)(=O)c1cccc2c1OCCO2. The Balaban J connectivity index is 1.88. The molecule has 0 aliphatic carbocycles. The summed E-state index contributed by atoms with van der Waals surface area (Å²) in [6.07, 6.45) is 0.785. The molecule has 0 spiro atoms. The first-order valence-corrected chi connectivity index (χ1v) is 8.68. The maximum atomic E-state index is 12.7. The van der Waals surface area contributed by atoms with Crippen LogP contribution in [0.15, 0.2) is 23.1 Å². The van der Waals surface area contributed by atoms with Crippen LogP contribution in [-0.4, -0.2) is 40.8 Å². The number of ether oxygens (including phenoxy) is 2. The molecule has 1 saturated heterocycles. The van der Waals surface area contributed by atoms with Crippen LogP contribution < -0.4 is 19.5 Å². The van der Waals surface area contributed by atoms with E-state index in [2.05, 4.69) is 10.0 Å². The highest BCUT2D eigenvalue weighted by Gasteiger charge is 2.30. The first-order valence-electron chi connectivity index (χ1n) is 7.19. The van der Waals surface area contributed by atoms with Gasteiger partial charge in [0, 0.05) is 6.04 Å². The van der Waals surface area contributed by atoms with Gasteiger partial charge in [0.1, 0.15) is 18.1 Å². The lowest BCUT2D eigenvalue weighted by atomic mass is 9.97. The minimum absolute atomic E-state index is 0.0587. The quantitative estimate of drug-likeness (QED) is 0.861. The van der Waals surface area contributed by atoms with Gasteiger partial charge in [-0.3, -0.25) is 0 Å². The minimum atomic E-state index is -3.62. The van der Waals surface area contributed by atoms with Crippen molar-refractivity contribution in [3.63, 3.8) is 0 Å². The molecule has 0 bridgehead atoms. The Morgan fingerprint density at radius 3 is 2.90 bits per heavy atom. The monoisotopic (exact) mass is 312 g/mol. The van der Waals surface area contributed by atoms with Gasteiger partial charge in [-0.2, -0.15) is 0 Å². The summed E-state index contributed by atoms with van der Waals surface area (Å²) in [5.74, 6) is 1.06. The Morgan fingerprint density at radius 1 is 1.29 bits per heavy atom. The highest BCUT2D eigenvalue weighted by atomic mass is 32.2. The van der Waals surface area contributed by atoms with E-state index in [1.165, 1.54) is 0 Å². The highest BCUT2D eigenvalue weighted by molar-refractivity contribution is 7.89. The molecule has 2 aliphatic rings. The van der Waals surface area contributed by atoms with Crippen molar-refractivity contribution in [2.45, 2.75) is 24.3 Å². The topological polar surface area (TPSA) is 76.7 Å². The molecule has 1 fully saturated rings. The van der Waals surface area contributed by atoms with E-state index in [0.717, 1.165) is 19.5 Å². The van der Waals surface area contributed by atoms with Crippen LogP contribution in [0.2, 0.25) is 0 Å². The number of sulfonamides is 1. The number of hydrogen-bond acceptors (Lipinski definition) is 5. The molecule has 0 radical (unpaired) electrons. The molecule has 7 heteroatoms. The molecule has 2 atom stereocenters. The van der Waals surface area contributed by atoms with Gasteiger partial charge in [0.2, 0.25) is 10.0 Å². The molecular formula is C14H20N2O4S. The highest BCUT2D eigenvalue weighted by Crippen LogP contribution is 2.36. The zero-order chi connectivity index (χ0) is 14.9. The average molecular weight is 312 g/mol. The predicted octanol–water partition coefficient (Wildman–Crippen LogP) is 0.734. The normalized spacial score (nSPS) is 25.6. The van der Waals surface area contributed by atoms with E-state index in [4.69, 9.17) is 9.47 Å². The lowest BCUT2D eigenvalue weighted by Gasteiger charge is -2.30. The molecule has 3 rings (SSSR count). The summed E-state index contributed by atoms with van der Waals surface area (Å²) >= 11 is 0. The zero-order valence-electron chi connectivity index (χ0n) is 12.0. The number of fused-ring (bicyclic) bond motifs is 1. The Labute approximate surface area is 124 Å². The van der Waals surface area contributed by atoms with Crippen molar-refractivity contribution in [3.8, 4) is 11.5 Å². The van der Waals surface area contributed by atoms with Crippen LogP contribution in [0.1, 0.15) is 13.3 Å². The molecule has 2 aliphatic heterocycles. The number of nitrogens with one attached hydrogen (secondary N) is 2. The van der Waals surface area contributed by atoms with Gasteiger partial charge in [-0.25, -0.2) is 13.1 Å². The van der Waals surface area contributed by atoms with Crippen LogP contribution >= 0.6 is 0 Å². The molecule has 0 amide bonds. The Morgan fingerprint density at radius 2 is 2.10 bits per heavy atom. The molecule has 2 heterocycles. The third-order valence-corrected chi connectivity index (χ3v) is 5.42. The van der Waals surface area contributed by atoms with Gasteiger partial charge in [0.15, 0.2) is 11.5 Å². The van der Waals surface area contributed by atoms with Crippen LogP contribution in [-0.2, 0) is 10.0 Å². The first-order chi connectivity index (χ1) is 10.1. The molecule has 1 aromatic rings. The second-order valence-corrected chi connectivity index (χ2v) is 7.16. The maximum Gasteiger partial charge on any atom is 0.244 e. The predicted molar refractivity (Wildman–Crippen MR) is 78.2 cm³/mol. The van der Waals surface area contributed by atoms with Gasteiger partial charge in [-0.05, 0) is 37.6 Å². The van der Waals surface area contributed by atoms with Crippen LogP contribution in [0.5, 0.6) is 11.5 Å². The number of hydrogen-bond donors (Lipinski definition) is 2. The van der Waals surface area contributed by atoms with E-state index in [1.807, 2.05) is 6.92 Å². The Hall–Kier alpha value is -1.31. The van der Waals surface area contributed by atoms with Crippen molar-refractivity contribution in [1.29, 1.82) is 0 Å². The molecule has 6 nitrogen and oxygen atoms in total. The van der Waals surface area contributed by atoms with Crippen LogP contribution in [0.3, 0.4) is 0 Å². The van der Waals surface area contributed by atoms with Crippen molar-refractivity contribution in [1.82, 2.24) is 10.0 Å². The summed E-state index contributed by atoms with van der Waals surface area (Å²) in [6.45, 7) is 4.49. The van der Waals surface area contributed by atoms with Gasteiger partial charge in [-0.15, -0.1) is 0 Å². The van der Waals surface area contributed by atoms with Crippen molar-refractivity contribution >= 4 is 10.0 Å². The molecule has 2 unspecified atom stereocenters. The number of para-hydroxylation sites is 1. The van der Waals surface area contributed by atoms with Crippen LogP contribution in [0.25, 0.3) is 0 Å². The van der Waals surface area contributed by atoms with Crippen molar-refractivity contribution in [2.75, 3.05) is 26.3 Å². The van der Waals surface area contributed by atoms with Crippen molar-refractivity contribution in [3.05, 3.63) is 18.2 Å². The summed E-state index contributed by atoms with van der Waals surface area (Å²) in [6, 6.07) is 4.90. The second kappa shape index (κ2) is 5.82. The molecule has 116 valence electrons. The Bertz CT molecular complexity index is 617. The summed E-state index contributed by atoms with van der Waals surface area (Å²) < 4.78 is 39.1. The molecule has 1 aromatic carbocycles. The van der Waals surface area contributed by atoms with Gasteiger partial charge in [0.05, 0.1) is 0 Å². The van der Waals surface area contributed by atoms with Crippen molar-refractivity contribution in [2.24, 2.45) is 5.92 Å². The van der Waals surface area contributed by atoms with Gasteiger partial charge >= 0.3 is 0 Å². The van der Waals surface area contributed by atoms with Crippen LogP contribution in [0, 0.1) is 5.92 Å². The third-order valence-electron chi connectivity index (χ3n) is 3.91. The lowest BCUT2D eigenvalue weighted by Crippen LogP contribution is -2.48. The molecular weight excluding hydrogens is 292 g/mol. The van der Waals surface area contributed by atoms with Gasteiger partial charge in [0.25, 0.3) is 0 Å². The number of benzene rings is 1. The van der Waals surface area contributed by atoms with E-state index < -0.39 is 10.0 Å². The van der Waals surface area contributed by atoms with E-state index in [1.54, 1.807) is 18.2 Å². The lowest BCUT2D eigenvalue weighted by molar-refractivity contribution is 0.167. The van der Waals surface area contributed by atoms with E-state index in [-0.39, 0.29) is 16.9 Å². The smallest absolute Gasteiger partial charge is 0.244 e. The number of rotatable bonds is 3. The van der Waals surface area contributed by atoms with Crippen LogP contribution in [0.4, 0.5) is 0 Å². The number of piperidine rings is 1. The fourth-order valence-corrected chi connectivity index (χ4v) is 4.25. The Kier molecular flexibility index (Phi) is 4.05. The summed E-state index contributed by atoms with van der Waals surface area (Å²) in [7, 11) is -3.62. The fraction of sp³-hybridized carbons (Fsp3) is 0.571. The first kappa shape index (κ1) is 14.6. The van der Waals surface area contributed by atoms with Gasteiger partial charge in [-0.1, -0.05) is 13.0 Å². The molecule has 0 saturated carbocycles. The zero-order valence-corrected chi connectivity index (χ0v) is 12.8. The van der Waals surface area contributed by atoms with E-state index in [0.29, 0.717) is 24.7 Å². The fourth-order valence-electron chi connectivity index (χ4n) is 2.71. The summed E-state index contributed by atoms with van der Waals surface area (Å²) in [5, 5.41) is 3.26. The molecule has 0 aromatic heterocycles. The summed E-state index contributed by atoms with van der Waals surface area (Å²) in [5.41, 5.74) is 0. The van der Waals surface area contributed by atoms with E-state index in [9.17, 15) is 8.42 Å². The maximum absolute atomic E-state index is 12.7. The standard InChI is InChI=1S/C14H20N2O4S/c1-10-9-15-6-5-11(10)16-21(17,18)13-4-2-3-12-14(13)20-8-7-19-12/h2-4,10-11,15-16H,5-9H2,1H3. The second-order valence-electron chi connectivity index (χ2n) is 5.48.